The molecular weight excluding hydrogens is 370 g/mol. The topological polar surface area (TPSA) is 57.8 Å². The average Bonchev–Trinajstić information content (AvgIpc) is 3.21. The molecule has 0 aliphatic carbocycles. The Hall–Kier alpha value is -3.24. The van der Waals surface area contributed by atoms with Gasteiger partial charge in [-0.1, -0.05) is 37.3 Å². The van der Waals surface area contributed by atoms with E-state index in [0.29, 0.717) is 5.56 Å². The number of hydrogen-bond donors (Lipinski definition) is 2. The quantitative estimate of drug-likeness (QED) is 0.368. The minimum atomic E-state index is 0.714. The highest BCUT2D eigenvalue weighted by Crippen LogP contribution is 2.29. The van der Waals surface area contributed by atoms with Crippen molar-refractivity contribution in [3.8, 4) is 22.5 Å². The Kier molecular flexibility index (Phi) is 8.98. The van der Waals surface area contributed by atoms with Gasteiger partial charge in [0.25, 0.3) is 0 Å². The van der Waals surface area contributed by atoms with Crippen LogP contribution < -0.4 is 5.32 Å². The Labute approximate surface area is 179 Å². The van der Waals surface area contributed by atoms with Crippen molar-refractivity contribution in [3.63, 3.8) is 0 Å². The van der Waals surface area contributed by atoms with E-state index in [9.17, 15) is 4.79 Å². The molecule has 4 nitrogen and oxygen atoms in total. The first-order chi connectivity index (χ1) is 14.7. The second-order valence-electron chi connectivity index (χ2n) is 6.86. The molecule has 2 aromatic heterocycles. The zero-order valence-corrected chi connectivity index (χ0v) is 18.2. The summed E-state index contributed by atoms with van der Waals surface area (Å²) in [5.41, 5.74) is 8.10. The number of benzene rings is 1. The van der Waals surface area contributed by atoms with Crippen LogP contribution in [0.5, 0.6) is 0 Å². The number of aromatic amines is 1. The van der Waals surface area contributed by atoms with E-state index in [4.69, 9.17) is 0 Å². The highest BCUT2D eigenvalue weighted by Gasteiger charge is 2.12. The van der Waals surface area contributed by atoms with Crippen molar-refractivity contribution < 1.29 is 4.79 Å². The van der Waals surface area contributed by atoms with Gasteiger partial charge in [0.05, 0.1) is 5.69 Å². The van der Waals surface area contributed by atoms with Crippen LogP contribution in [0.3, 0.4) is 0 Å². The van der Waals surface area contributed by atoms with E-state index in [1.54, 1.807) is 0 Å². The normalized spacial score (nSPS) is 10.6. The molecule has 0 fully saturated rings. The molecule has 0 spiro atoms. The zero-order valence-electron chi connectivity index (χ0n) is 18.2. The summed E-state index contributed by atoms with van der Waals surface area (Å²) in [6.07, 6.45) is 8.87. The number of nitrogens with zero attached hydrogens (tertiary/aromatic N) is 1. The third kappa shape index (κ3) is 5.43. The lowest BCUT2D eigenvalue weighted by Crippen LogP contribution is -2.11. The van der Waals surface area contributed by atoms with Crippen LogP contribution in [0.2, 0.25) is 0 Å². The smallest absolute Gasteiger partial charge is 0.151 e. The first-order valence-corrected chi connectivity index (χ1v) is 10.2. The van der Waals surface area contributed by atoms with Gasteiger partial charge in [-0.05, 0) is 49.7 Å². The number of carbonyl (C=O) groups excluding carboxylic acids is 1. The van der Waals surface area contributed by atoms with Gasteiger partial charge in [-0.2, -0.15) is 0 Å². The molecule has 3 rings (SSSR count). The maximum absolute atomic E-state index is 11.4. The summed E-state index contributed by atoms with van der Waals surface area (Å²) < 4.78 is 0. The highest BCUT2D eigenvalue weighted by molar-refractivity contribution is 5.82. The third-order valence-electron chi connectivity index (χ3n) is 4.88. The standard InChI is InChI=1S/C24H27N3O.C2H4/c1-4-5-8-20-17(2)7-6-9-21(20)24-14-18(10-13-26-24)23-15-19(16-28)22(27-23)11-12-25-3;1-2/h5-10,13-16,25,27H,4,11-12H2,1-3H3;1-2H2/b8-5-;. The second kappa shape index (κ2) is 11.7. The van der Waals surface area contributed by atoms with E-state index in [2.05, 4.69) is 78.7 Å². The number of aldehydes is 1. The Balaban J connectivity index is 0.00000155. The predicted molar refractivity (Wildman–Crippen MR) is 128 cm³/mol. The molecule has 0 bridgehead atoms. The third-order valence-corrected chi connectivity index (χ3v) is 4.88. The van der Waals surface area contributed by atoms with Crippen LogP contribution in [-0.4, -0.2) is 29.8 Å². The maximum atomic E-state index is 11.4. The van der Waals surface area contributed by atoms with Crippen molar-refractivity contribution in [2.45, 2.75) is 26.7 Å². The second-order valence-corrected chi connectivity index (χ2v) is 6.86. The van der Waals surface area contributed by atoms with Crippen molar-refractivity contribution in [3.05, 3.63) is 84.2 Å². The van der Waals surface area contributed by atoms with Crippen LogP contribution in [0.4, 0.5) is 0 Å². The molecule has 2 N–H and O–H groups in total. The van der Waals surface area contributed by atoms with Gasteiger partial charge in [0.15, 0.2) is 6.29 Å². The first-order valence-electron chi connectivity index (χ1n) is 10.2. The van der Waals surface area contributed by atoms with Gasteiger partial charge < -0.3 is 10.3 Å². The summed E-state index contributed by atoms with van der Waals surface area (Å²) in [5, 5.41) is 3.12. The lowest BCUT2D eigenvalue weighted by molar-refractivity contribution is 0.112. The molecular formula is C26H31N3O. The van der Waals surface area contributed by atoms with Crippen molar-refractivity contribution in [1.82, 2.24) is 15.3 Å². The van der Waals surface area contributed by atoms with E-state index >= 15 is 0 Å². The minimum Gasteiger partial charge on any atom is -0.358 e. The molecule has 3 aromatic rings. The summed E-state index contributed by atoms with van der Waals surface area (Å²) in [5.74, 6) is 0. The van der Waals surface area contributed by atoms with E-state index in [-0.39, 0.29) is 0 Å². The van der Waals surface area contributed by atoms with Gasteiger partial charge in [-0.15, -0.1) is 13.2 Å². The Bertz CT molecular complexity index is 1000. The van der Waals surface area contributed by atoms with E-state index < -0.39 is 0 Å². The van der Waals surface area contributed by atoms with Crippen LogP contribution in [0.25, 0.3) is 28.6 Å². The van der Waals surface area contributed by atoms with Crippen LogP contribution >= 0.6 is 0 Å². The number of hydrogen-bond acceptors (Lipinski definition) is 3. The maximum Gasteiger partial charge on any atom is 0.151 e. The van der Waals surface area contributed by atoms with Crippen molar-refractivity contribution in [2.24, 2.45) is 0 Å². The molecule has 2 heterocycles. The molecule has 30 heavy (non-hydrogen) atoms. The van der Waals surface area contributed by atoms with Gasteiger partial charge in [0.1, 0.15) is 0 Å². The van der Waals surface area contributed by atoms with E-state index in [1.807, 2.05) is 25.4 Å². The minimum absolute atomic E-state index is 0.714. The summed E-state index contributed by atoms with van der Waals surface area (Å²) in [7, 11) is 1.91. The fourth-order valence-corrected chi connectivity index (χ4v) is 3.34. The molecule has 0 radical (unpaired) electrons. The number of likely N-dealkylation sites (N-methyl/N-ethyl adjacent to an activating group) is 1. The number of carbonyl (C=O) groups is 1. The van der Waals surface area contributed by atoms with E-state index in [1.165, 1.54) is 11.1 Å². The summed E-state index contributed by atoms with van der Waals surface area (Å²) in [4.78, 5) is 19.5. The van der Waals surface area contributed by atoms with Crippen LogP contribution in [0.15, 0.2) is 61.8 Å². The van der Waals surface area contributed by atoms with Crippen molar-refractivity contribution in [2.75, 3.05) is 13.6 Å². The number of allylic oxidation sites excluding steroid dienone is 1. The van der Waals surface area contributed by atoms with Gasteiger partial charge in [-0.3, -0.25) is 9.78 Å². The molecule has 0 amide bonds. The molecule has 0 aliphatic heterocycles. The molecule has 156 valence electrons. The Morgan fingerprint density at radius 1 is 1.20 bits per heavy atom. The number of H-pyrrole nitrogens is 1. The highest BCUT2D eigenvalue weighted by atomic mass is 16.1. The SMILES string of the molecule is C=C.CC/C=C\c1c(C)cccc1-c1cc(-c2cc(C=O)c(CCNC)[nH]2)ccn1. The number of rotatable bonds is 8. The van der Waals surface area contributed by atoms with Crippen LogP contribution in [0.1, 0.15) is 40.5 Å². The fourth-order valence-electron chi connectivity index (χ4n) is 3.34. The summed E-state index contributed by atoms with van der Waals surface area (Å²) in [6.45, 7) is 11.1. The van der Waals surface area contributed by atoms with Crippen molar-refractivity contribution in [1.29, 1.82) is 0 Å². The fraction of sp³-hybridized carbons (Fsp3) is 0.231. The average molecular weight is 402 g/mol. The largest absolute Gasteiger partial charge is 0.358 e. The number of aromatic nitrogens is 2. The molecule has 0 saturated heterocycles. The monoisotopic (exact) mass is 401 g/mol. The lowest BCUT2D eigenvalue weighted by Gasteiger charge is -2.10. The Morgan fingerprint density at radius 3 is 2.70 bits per heavy atom. The molecule has 0 unspecified atom stereocenters. The summed E-state index contributed by atoms with van der Waals surface area (Å²) in [6, 6.07) is 12.3. The Morgan fingerprint density at radius 2 is 2.00 bits per heavy atom. The van der Waals surface area contributed by atoms with Gasteiger partial charge in [0, 0.05) is 47.2 Å². The van der Waals surface area contributed by atoms with Gasteiger partial charge in [-0.25, -0.2) is 0 Å². The first kappa shape index (κ1) is 23.0. The lowest BCUT2D eigenvalue weighted by atomic mass is 9.97. The molecule has 1 aromatic carbocycles. The predicted octanol–water partition coefficient (Wildman–Crippen LogP) is 5.85. The van der Waals surface area contributed by atoms with Gasteiger partial charge >= 0.3 is 0 Å². The number of aryl methyl sites for hydroxylation is 1. The molecule has 4 heteroatoms. The van der Waals surface area contributed by atoms with E-state index in [0.717, 1.165) is 53.9 Å². The zero-order chi connectivity index (χ0) is 21.9. The van der Waals surface area contributed by atoms with Crippen LogP contribution in [0, 0.1) is 6.92 Å². The summed E-state index contributed by atoms with van der Waals surface area (Å²) >= 11 is 0. The number of nitrogens with one attached hydrogen (secondary N) is 2. The van der Waals surface area contributed by atoms with Crippen molar-refractivity contribution >= 4 is 12.4 Å². The molecule has 0 atom stereocenters. The number of pyridine rings is 1. The van der Waals surface area contributed by atoms with Gasteiger partial charge in [0.2, 0.25) is 0 Å². The molecule has 0 saturated carbocycles. The van der Waals surface area contributed by atoms with Crippen LogP contribution in [-0.2, 0) is 6.42 Å². The molecule has 0 aliphatic rings.